The highest BCUT2D eigenvalue weighted by Gasteiger charge is 2.10. The number of ether oxygens (including phenoxy) is 1. The minimum absolute atomic E-state index is 0. The first-order valence-electron chi connectivity index (χ1n) is 8.35. The summed E-state index contributed by atoms with van der Waals surface area (Å²) in [5.41, 5.74) is 2.36. The van der Waals surface area contributed by atoms with E-state index < -0.39 is 0 Å². The molecule has 0 heterocycles. The van der Waals surface area contributed by atoms with Crippen LogP contribution in [0.3, 0.4) is 0 Å². The van der Waals surface area contributed by atoms with Crippen molar-refractivity contribution in [2.24, 2.45) is 0 Å². The predicted octanol–water partition coefficient (Wildman–Crippen LogP) is 5.68. The van der Waals surface area contributed by atoms with Crippen LogP contribution in [-0.4, -0.2) is 36.5 Å². The van der Waals surface area contributed by atoms with Gasteiger partial charge in [0.2, 0.25) is 0 Å². The normalized spacial score (nSPS) is 10.8. The molecule has 0 saturated carbocycles. The van der Waals surface area contributed by atoms with Gasteiger partial charge < -0.3 is 4.74 Å². The molecule has 5 heteroatoms. The van der Waals surface area contributed by atoms with Gasteiger partial charge in [0.05, 0.1) is 0 Å². The molecular formula is C20H26Cl3NO. The first-order valence-corrected chi connectivity index (χ1v) is 9.26. The summed E-state index contributed by atoms with van der Waals surface area (Å²) in [6.45, 7) is 6.72. The van der Waals surface area contributed by atoms with Crippen LogP contribution in [0.25, 0.3) is 0 Å². The van der Waals surface area contributed by atoms with Crippen molar-refractivity contribution >= 4 is 35.6 Å². The molecule has 0 spiro atoms. The van der Waals surface area contributed by atoms with Crippen molar-refractivity contribution in [1.82, 2.24) is 4.90 Å². The van der Waals surface area contributed by atoms with Gasteiger partial charge in [-0.25, -0.2) is 0 Å². The summed E-state index contributed by atoms with van der Waals surface area (Å²) in [5, 5.41) is 0.735. The Balaban J connectivity index is 0.00000312. The Kier molecular flexibility index (Phi) is 10.3. The fourth-order valence-electron chi connectivity index (χ4n) is 2.65. The molecule has 2 rings (SSSR count). The van der Waals surface area contributed by atoms with E-state index in [1.165, 1.54) is 5.56 Å². The molecule has 0 atom stereocenters. The lowest BCUT2D eigenvalue weighted by atomic mass is 10.0. The van der Waals surface area contributed by atoms with Gasteiger partial charge in [-0.15, -0.1) is 24.0 Å². The van der Waals surface area contributed by atoms with Crippen molar-refractivity contribution in [2.75, 3.05) is 25.6 Å². The molecule has 0 amide bonds. The molecule has 0 aliphatic carbocycles. The molecule has 0 saturated heterocycles. The van der Waals surface area contributed by atoms with Crippen molar-refractivity contribution in [3.8, 4) is 5.75 Å². The lowest BCUT2D eigenvalue weighted by molar-refractivity contribution is 0.184. The number of benzene rings is 2. The fourth-order valence-corrected chi connectivity index (χ4v) is 3.06. The van der Waals surface area contributed by atoms with E-state index in [1.54, 1.807) is 0 Å². The summed E-state index contributed by atoms with van der Waals surface area (Å²) in [4.78, 5) is 2.32. The topological polar surface area (TPSA) is 12.5 Å². The maximum atomic E-state index is 6.17. The van der Waals surface area contributed by atoms with E-state index in [2.05, 4.69) is 30.9 Å². The van der Waals surface area contributed by atoms with Gasteiger partial charge in [0, 0.05) is 36.5 Å². The molecule has 2 aromatic rings. The Morgan fingerprint density at radius 2 is 1.76 bits per heavy atom. The number of hydrogen-bond donors (Lipinski definition) is 0. The Bertz CT molecular complexity index is 620. The van der Waals surface area contributed by atoms with E-state index in [0.717, 1.165) is 35.8 Å². The summed E-state index contributed by atoms with van der Waals surface area (Å²) in [6.07, 6.45) is 0.812. The third-order valence-electron chi connectivity index (χ3n) is 4.00. The molecule has 0 bridgehead atoms. The molecule has 138 valence electrons. The summed E-state index contributed by atoms with van der Waals surface area (Å²) in [7, 11) is 0. The van der Waals surface area contributed by atoms with E-state index in [0.29, 0.717) is 18.5 Å². The predicted molar refractivity (Wildman–Crippen MR) is 111 cm³/mol. The second-order valence-electron chi connectivity index (χ2n) is 6.08. The Morgan fingerprint density at radius 3 is 2.40 bits per heavy atom. The first kappa shape index (κ1) is 22.1. The zero-order valence-corrected chi connectivity index (χ0v) is 17.1. The Labute approximate surface area is 167 Å². The van der Waals surface area contributed by atoms with Crippen molar-refractivity contribution in [1.29, 1.82) is 0 Å². The highest BCUT2D eigenvalue weighted by atomic mass is 35.5. The summed E-state index contributed by atoms with van der Waals surface area (Å²) < 4.78 is 6.05. The van der Waals surface area contributed by atoms with Crippen LogP contribution in [-0.2, 0) is 6.42 Å². The van der Waals surface area contributed by atoms with Crippen molar-refractivity contribution in [2.45, 2.75) is 26.3 Å². The van der Waals surface area contributed by atoms with Crippen molar-refractivity contribution in [3.63, 3.8) is 0 Å². The number of hydrogen-bond acceptors (Lipinski definition) is 2. The average Bonchev–Trinajstić information content (AvgIpc) is 2.56. The van der Waals surface area contributed by atoms with Crippen LogP contribution in [0, 0.1) is 0 Å². The third kappa shape index (κ3) is 7.45. The molecule has 2 aromatic carbocycles. The van der Waals surface area contributed by atoms with Crippen molar-refractivity contribution < 1.29 is 4.74 Å². The van der Waals surface area contributed by atoms with Gasteiger partial charge in [-0.3, -0.25) is 4.90 Å². The average molecular weight is 403 g/mol. The van der Waals surface area contributed by atoms with Gasteiger partial charge in [0.1, 0.15) is 12.4 Å². The smallest absolute Gasteiger partial charge is 0.122 e. The van der Waals surface area contributed by atoms with Crippen LogP contribution in [0.5, 0.6) is 5.75 Å². The molecule has 0 aliphatic rings. The number of nitrogens with zero attached hydrogens (tertiary/aromatic N) is 1. The largest absolute Gasteiger partial charge is 0.492 e. The van der Waals surface area contributed by atoms with Crippen LogP contribution < -0.4 is 4.74 Å². The van der Waals surface area contributed by atoms with E-state index in [-0.39, 0.29) is 12.4 Å². The quantitative estimate of drug-likeness (QED) is 0.500. The van der Waals surface area contributed by atoms with Gasteiger partial charge in [0.15, 0.2) is 0 Å². The number of alkyl halides is 1. The molecule has 0 unspecified atom stereocenters. The van der Waals surface area contributed by atoms with Crippen LogP contribution in [0.15, 0.2) is 48.5 Å². The first-order chi connectivity index (χ1) is 11.6. The van der Waals surface area contributed by atoms with E-state index in [9.17, 15) is 0 Å². The number of rotatable bonds is 9. The molecule has 2 nitrogen and oxygen atoms in total. The zero-order chi connectivity index (χ0) is 17.4. The molecule has 0 aliphatic heterocycles. The monoisotopic (exact) mass is 401 g/mol. The van der Waals surface area contributed by atoms with E-state index in [4.69, 9.17) is 27.9 Å². The molecular weight excluding hydrogens is 377 g/mol. The summed E-state index contributed by atoms with van der Waals surface area (Å²) in [5.74, 6) is 1.54. The van der Waals surface area contributed by atoms with E-state index in [1.807, 2.05) is 36.4 Å². The maximum absolute atomic E-state index is 6.17. The standard InChI is InChI=1S/C20H25Cl2NO.ClH/c1-16(2)23(11-10-21)12-13-24-20-9-8-19(22)15-18(20)14-17-6-4-3-5-7-17;/h3-9,15-16H,10-14H2,1-2H3;1H. The second kappa shape index (κ2) is 11.6. The summed E-state index contributed by atoms with van der Waals surface area (Å²) >= 11 is 12.0. The lowest BCUT2D eigenvalue weighted by Crippen LogP contribution is -2.36. The van der Waals surface area contributed by atoms with Gasteiger partial charge in [0.25, 0.3) is 0 Å². The van der Waals surface area contributed by atoms with Crippen LogP contribution in [0.2, 0.25) is 5.02 Å². The summed E-state index contributed by atoms with van der Waals surface area (Å²) in [6, 6.07) is 16.6. The van der Waals surface area contributed by atoms with E-state index >= 15 is 0 Å². The van der Waals surface area contributed by atoms with Gasteiger partial charge >= 0.3 is 0 Å². The fraction of sp³-hybridized carbons (Fsp3) is 0.400. The van der Waals surface area contributed by atoms with Crippen LogP contribution in [0.4, 0.5) is 0 Å². The Morgan fingerprint density at radius 1 is 1.04 bits per heavy atom. The molecule has 0 radical (unpaired) electrons. The SMILES string of the molecule is CC(C)N(CCCl)CCOc1ccc(Cl)cc1Cc1ccccc1.Cl. The van der Waals surface area contributed by atoms with Gasteiger partial charge in [-0.1, -0.05) is 41.9 Å². The highest BCUT2D eigenvalue weighted by Crippen LogP contribution is 2.25. The maximum Gasteiger partial charge on any atom is 0.122 e. The van der Waals surface area contributed by atoms with Gasteiger partial charge in [-0.05, 0) is 43.2 Å². The van der Waals surface area contributed by atoms with Crippen LogP contribution in [0.1, 0.15) is 25.0 Å². The number of halogens is 3. The van der Waals surface area contributed by atoms with Gasteiger partial charge in [-0.2, -0.15) is 0 Å². The molecule has 0 aromatic heterocycles. The minimum atomic E-state index is 0. The van der Waals surface area contributed by atoms with Crippen molar-refractivity contribution in [3.05, 3.63) is 64.7 Å². The lowest BCUT2D eigenvalue weighted by Gasteiger charge is -2.25. The minimum Gasteiger partial charge on any atom is -0.492 e. The highest BCUT2D eigenvalue weighted by molar-refractivity contribution is 6.30. The van der Waals surface area contributed by atoms with Crippen LogP contribution >= 0.6 is 35.6 Å². The molecule has 0 N–H and O–H groups in total. The molecule has 25 heavy (non-hydrogen) atoms. The zero-order valence-electron chi connectivity index (χ0n) is 14.8. The Hall–Kier alpha value is -0.930. The third-order valence-corrected chi connectivity index (χ3v) is 4.40. The second-order valence-corrected chi connectivity index (χ2v) is 6.90. The molecule has 0 fully saturated rings.